The molecule has 0 bridgehead atoms. The molecule has 0 aliphatic carbocycles. The molecule has 0 saturated heterocycles. The third kappa shape index (κ3) is 4.37. The minimum Gasteiger partial charge on any atom is -0.383 e. The largest absolute Gasteiger partial charge is 0.383 e. The molecule has 2 rings (SSSR count). The van der Waals surface area contributed by atoms with Crippen LogP contribution in [-0.2, 0) is 16.6 Å². The Balaban J connectivity index is 1.98. The zero-order valence-corrected chi connectivity index (χ0v) is 13.1. The molecule has 118 valence electrons. The number of carbonyl (C=O) groups excluding carboxylic acids is 1. The summed E-state index contributed by atoms with van der Waals surface area (Å²) in [6.45, 7) is 0.686. The number of carbonyl (C=O) groups is 1. The van der Waals surface area contributed by atoms with Gasteiger partial charge in [-0.1, -0.05) is 6.07 Å². The Kier molecular flexibility index (Phi) is 5.62. The van der Waals surface area contributed by atoms with Crippen molar-refractivity contribution in [1.29, 1.82) is 0 Å². The number of amides is 1. The average Bonchev–Trinajstić information content (AvgIpc) is 2.90. The molecule has 2 aromatic rings. The Morgan fingerprint density at radius 1 is 1.45 bits per heavy atom. The van der Waals surface area contributed by atoms with Gasteiger partial charge in [0.25, 0.3) is 0 Å². The van der Waals surface area contributed by atoms with Gasteiger partial charge in [-0.15, -0.1) is 0 Å². The molecular weight excluding hydrogens is 282 g/mol. The van der Waals surface area contributed by atoms with Crippen LogP contribution in [0.2, 0.25) is 0 Å². The first-order valence-electron chi connectivity index (χ1n) is 6.99. The van der Waals surface area contributed by atoms with Crippen LogP contribution in [0.15, 0.2) is 36.7 Å². The van der Waals surface area contributed by atoms with Crippen LogP contribution in [0.5, 0.6) is 0 Å². The van der Waals surface area contributed by atoms with E-state index in [0.717, 1.165) is 5.69 Å². The topological polar surface area (TPSA) is 72.3 Å². The molecule has 0 spiro atoms. The van der Waals surface area contributed by atoms with Crippen molar-refractivity contribution >= 4 is 11.7 Å². The molecule has 0 saturated carbocycles. The third-order valence-electron chi connectivity index (χ3n) is 3.26. The second kappa shape index (κ2) is 7.67. The van der Waals surface area contributed by atoms with Gasteiger partial charge in [0.2, 0.25) is 5.91 Å². The number of nitrogens with zero attached hydrogens (tertiary/aromatic N) is 4. The van der Waals surface area contributed by atoms with Gasteiger partial charge in [0.15, 0.2) is 5.82 Å². The molecule has 7 heteroatoms. The molecule has 0 radical (unpaired) electrons. The molecule has 2 heterocycles. The predicted molar refractivity (Wildman–Crippen MR) is 83.3 cm³/mol. The second-order valence-corrected chi connectivity index (χ2v) is 5.06. The summed E-state index contributed by atoms with van der Waals surface area (Å²) < 4.78 is 6.89. The highest BCUT2D eigenvalue weighted by molar-refractivity contribution is 5.91. The van der Waals surface area contributed by atoms with Gasteiger partial charge >= 0.3 is 0 Å². The number of likely N-dealkylation sites (N-methyl/N-ethyl adjacent to an activating group) is 1. The molecule has 1 N–H and O–H groups in total. The van der Waals surface area contributed by atoms with Gasteiger partial charge in [0.05, 0.1) is 24.9 Å². The van der Waals surface area contributed by atoms with Crippen molar-refractivity contribution in [2.75, 3.05) is 32.6 Å². The van der Waals surface area contributed by atoms with Crippen molar-refractivity contribution in [2.24, 2.45) is 7.05 Å². The zero-order valence-electron chi connectivity index (χ0n) is 13.1. The number of hydrogen-bond acceptors (Lipinski definition) is 5. The van der Waals surface area contributed by atoms with Gasteiger partial charge in [0, 0.05) is 32.6 Å². The molecule has 1 atom stereocenters. The van der Waals surface area contributed by atoms with E-state index in [1.807, 2.05) is 30.1 Å². The van der Waals surface area contributed by atoms with Crippen LogP contribution in [-0.4, -0.2) is 52.9 Å². The quantitative estimate of drug-likeness (QED) is 0.828. The molecule has 2 aromatic heterocycles. The highest BCUT2D eigenvalue weighted by atomic mass is 16.5. The first kappa shape index (κ1) is 16.1. The Morgan fingerprint density at radius 2 is 2.27 bits per heavy atom. The first-order chi connectivity index (χ1) is 10.6. The number of rotatable bonds is 7. The van der Waals surface area contributed by atoms with Gasteiger partial charge in [-0.25, -0.2) is 0 Å². The maximum absolute atomic E-state index is 12.1. The molecule has 7 nitrogen and oxygen atoms in total. The van der Waals surface area contributed by atoms with E-state index in [1.165, 1.54) is 0 Å². The van der Waals surface area contributed by atoms with Gasteiger partial charge in [-0.2, -0.15) is 5.10 Å². The normalized spacial score (nSPS) is 12.4. The lowest BCUT2D eigenvalue weighted by Gasteiger charge is -2.26. The SMILES string of the molecule is COC[C@H](c1ccccn1)N(C)CC(=O)Nc1ccn(C)n1. The fraction of sp³-hybridized carbons (Fsp3) is 0.400. The Hall–Kier alpha value is -2.25. The van der Waals surface area contributed by atoms with Gasteiger partial charge < -0.3 is 10.1 Å². The van der Waals surface area contributed by atoms with Crippen molar-refractivity contribution < 1.29 is 9.53 Å². The van der Waals surface area contributed by atoms with E-state index in [9.17, 15) is 4.79 Å². The highest BCUT2D eigenvalue weighted by Gasteiger charge is 2.20. The Labute approximate surface area is 129 Å². The molecule has 0 aliphatic rings. The monoisotopic (exact) mass is 303 g/mol. The number of ether oxygens (including phenoxy) is 1. The molecule has 0 aliphatic heterocycles. The van der Waals surface area contributed by atoms with Crippen molar-refractivity contribution in [3.8, 4) is 0 Å². The Morgan fingerprint density at radius 3 is 2.86 bits per heavy atom. The lowest BCUT2D eigenvalue weighted by molar-refractivity contribution is -0.117. The average molecular weight is 303 g/mol. The number of aromatic nitrogens is 3. The van der Waals surface area contributed by atoms with E-state index < -0.39 is 0 Å². The molecule has 22 heavy (non-hydrogen) atoms. The van der Waals surface area contributed by atoms with E-state index in [4.69, 9.17) is 4.74 Å². The highest BCUT2D eigenvalue weighted by Crippen LogP contribution is 2.17. The summed E-state index contributed by atoms with van der Waals surface area (Å²) in [5, 5.41) is 6.89. The number of anilines is 1. The zero-order chi connectivity index (χ0) is 15.9. The van der Waals surface area contributed by atoms with E-state index in [2.05, 4.69) is 15.4 Å². The third-order valence-corrected chi connectivity index (χ3v) is 3.26. The van der Waals surface area contributed by atoms with Crippen LogP contribution >= 0.6 is 0 Å². The minimum absolute atomic E-state index is 0.0827. The van der Waals surface area contributed by atoms with Crippen LogP contribution in [0.4, 0.5) is 5.82 Å². The van der Waals surface area contributed by atoms with Crippen molar-refractivity contribution in [3.63, 3.8) is 0 Å². The summed E-state index contributed by atoms with van der Waals surface area (Å²) in [7, 11) is 5.31. The number of pyridine rings is 1. The number of methoxy groups -OCH3 is 1. The minimum atomic E-state index is -0.127. The van der Waals surface area contributed by atoms with Crippen LogP contribution < -0.4 is 5.32 Å². The summed E-state index contributed by atoms with van der Waals surface area (Å²) in [4.78, 5) is 18.4. The molecule has 1 amide bonds. The maximum Gasteiger partial charge on any atom is 0.239 e. The fourth-order valence-electron chi connectivity index (χ4n) is 2.17. The van der Waals surface area contributed by atoms with Crippen molar-refractivity contribution in [3.05, 3.63) is 42.4 Å². The molecular formula is C15H21N5O2. The van der Waals surface area contributed by atoms with Crippen LogP contribution in [0.1, 0.15) is 11.7 Å². The summed E-state index contributed by atoms with van der Waals surface area (Å²) >= 11 is 0. The summed E-state index contributed by atoms with van der Waals surface area (Å²) in [5.41, 5.74) is 0.873. The summed E-state index contributed by atoms with van der Waals surface area (Å²) in [6, 6.07) is 7.38. The van der Waals surface area contributed by atoms with Crippen LogP contribution in [0.3, 0.4) is 0 Å². The lowest BCUT2D eigenvalue weighted by atomic mass is 10.1. The van der Waals surface area contributed by atoms with Gasteiger partial charge in [0.1, 0.15) is 0 Å². The summed E-state index contributed by atoms with van der Waals surface area (Å²) in [6.07, 6.45) is 3.51. The maximum atomic E-state index is 12.1. The van der Waals surface area contributed by atoms with E-state index in [0.29, 0.717) is 12.4 Å². The van der Waals surface area contributed by atoms with E-state index >= 15 is 0 Å². The Bertz CT molecular complexity index is 599. The van der Waals surface area contributed by atoms with E-state index in [1.54, 1.807) is 37.3 Å². The smallest absolute Gasteiger partial charge is 0.239 e. The van der Waals surface area contributed by atoms with Crippen LogP contribution in [0, 0.1) is 0 Å². The second-order valence-electron chi connectivity index (χ2n) is 5.06. The lowest BCUT2D eigenvalue weighted by Crippen LogP contribution is -2.35. The molecule has 0 fully saturated rings. The fourth-order valence-corrected chi connectivity index (χ4v) is 2.17. The van der Waals surface area contributed by atoms with Gasteiger partial charge in [-0.3, -0.25) is 19.4 Å². The van der Waals surface area contributed by atoms with E-state index in [-0.39, 0.29) is 18.5 Å². The first-order valence-corrected chi connectivity index (χ1v) is 6.99. The predicted octanol–water partition coefficient (Wildman–Crippen LogP) is 1.07. The molecule has 0 aromatic carbocycles. The van der Waals surface area contributed by atoms with Crippen LogP contribution in [0.25, 0.3) is 0 Å². The van der Waals surface area contributed by atoms with Crippen molar-refractivity contribution in [2.45, 2.75) is 6.04 Å². The van der Waals surface area contributed by atoms with Crippen molar-refractivity contribution in [1.82, 2.24) is 19.7 Å². The molecule has 0 unspecified atom stereocenters. The number of hydrogen-bond donors (Lipinski definition) is 1. The van der Waals surface area contributed by atoms with Gasteiger partial charge in [-0.05, 0) is 19.2 Å². The standard InChI is InChI=1S/C15H21N5O2/c1-19(10-15(21)17-14-7-9-20(2)18-14)13(11-22-3)12-6-4-5-8-16-12/h4-9,13H,10-11H2,1-3H3,(H,17,18,21)/t13-/m1/s1. The summed E-state index contributed by atoms with van der Waals surface area (Å²) in [5.74, 6) is 0.417. The number of aryl methyl sites for hydroxylation is 1. The number of nitrogens with one attached hydrogen (secondary N) is 1.